The zero-order valence-corrected chi connectivity index (χ0v) is 12.0. The fourth-order valence-corrected chi connectivity index (χ4v) is 2.21. The number of carboxylic acids is 1. The number of allylic oxidation sites excluding steroid dienone is 1. The van der Waals surface area contributed by atoms with Gasteiger partial charge in [-0.15, -0.1) is 6.58 Å². The first-order chi connectivity index (χ1) is 10.0. The van der Waals surface area contributed by atoms with E-state index in [1.165, 1.54) is 0 Å². The van der Waals surface area contributed by atoms with E-state index in [1.54, 1.807) is 40.9 Å². The number of carboxylic acid groups (broad SMARTS) is 1. The van der Waals surface area contributed by atoms with Crippen LogP contribution in [-0.2, 0) is 11.3 Å². The van der Waals surface area contributed by atoms with E-state index < -0.39 is 5.97 Å². The van der Waals surface area contributed by atoms with Crippen molar-refractivity contribution in [3.8, 4) is 0 Å². The molecule has 1 aromatic carbocycles. The number of hydrogen-bond donors (Lipinski definition) is 1. The van der Waals surface area contributed by atoms with Gasteiger partial charge in [0.2, 0.25) is 0 Å². The Morgan fingerprint density at radius 1 is 1.43 bits per heavy atom. The molecular weight excluding hydrogens is 268 g/mol. The van der Waals surface area contributed by atoms with Gasteiger partial charge in [0.1, 0.15) is 6.54 Å². The largest absolute Gasteiger partial charge is 0.480 e. The summed E-state index contributed by atoms with van der Waals surface area (Å²) < 4.78 is 1.66. The molecule has 0 saturated carbocycles. The summed E-state index contributed by atoms with van der Waals surface area (Å²) in [7, 11) is 1.71. The van der Waals surface area contributed by atoms with Gasteiger partial charge in [-0.1, -0.05) is 6.08 Å². The van der Waals surface area contributed by atoms with Gasteiger partial charge < -0.3 is 14.6 Å². The SMILES string of the molecule is C=CCCn1ccc2cc(N(C)CC(=O)O)ccc2c1=O. The number of rotatable bonds is 6. The van der Waals surface area contributed by atoms with Crippen molar-refractivity contribution in [1.82, 2.24) is 4.57 Å². The zero-order chi connectivity index (χ0) is 15.4. The van der Waals surface area contributed by atoms with Crippen LogP contribution in [0.25, 0.3) is 10.8 Å². The Morgan fingerprint density at radius 3 is 2.86 bits per heavy atom. The molecule has 0 spiro atoms. The molecule has 1 N–H and O–H groups in total. The van der Waals surface area contributed by atoms with E-state index in [0.717, 1.165) is 17.5 Å². The predicted molar refractivity (Wildman–Crippen MR) is 83.9 cm³/mol. The minimum absolute atomic E-state index is 0.0400. The molecule has 0 aliphatic heterocycles. The lowest BCUT2D eigenvalue weighted by Gasteiger charge is -2.17. The highest BCUT2D eigenvalue weighted by molar-refractivity contribution is 5.85. The summed E-state index contributed by atoms with van der Waals surface area (Å²) in [5.41, 5.74) is 0.731. The molecule has 0 aliphatic rings. The molecule has 2 aromatic rings. The number of aromatic nitrogens is 1. The topological polar surface area (TPSA) is 62.5 Å². The monoisotopic (exact) mass is 286 g/mol. The summed E-state index contributed by atoms with van der Waals surface area (Å²) in [4.78, 5) is 24.7. The average molecular weight is 286 g/mol. The number of carbonyl (C=O) groups is 1. The normalized spacial score (nSPS) is 10.5. The second kappa shape index (κ2) is 6.26. The van der Waals surface area contributed by atoms with Gasteiger partial charge in [0, 0.05) is 30.9 Å². The molecule has 0 amide bonds. The predicted octanol–water partition coefficient (Wildman–Crippen LogP) is 2.10. The Kier molecular flexibility index (Phi) is 4.42. The molecule has 21 heavy (non-hydrogen) atoms. The number of anilines is 1. The van der Waals surface area contributed by atoms with Crippen LogP contribution in [0.2, 0.25) is 0 Å². The van der Waals surface area contributed by atoms with Gasteiger partial charge in [0.15, 0.2) is 0 Å². The fraction of sp³-hybridized carbons (Fsp3) is 0.250. The van der Waals surface area contributed by atoms with Crippen LogP contribution in [0.15, 0.2) is 47.9 Å². The van der Waals surface area contributed by atoms with Crippen molar-refractivity contribution in [2.75, 3.05) is 18.5 Å². The number of aryl methyl sites for hydroxylation is 1. The molecule has 0 radical (unpaired) electrons. The maximum atomic E-state index is 12.3. The number of likely N-dealkylation sites (N-methyl/N-ethyl adjacent to an activating group) is 1. The quantitative estimate of drug-likeness (QED) is 0.826. The first kappa shape index (κ1) is 14.8. The van der Waals surface area contributed by atoms with E-state index in [1.807, 2.05) is 12.1 Å². The lowest BCUT2D eigenvalue weighted by Crippen LogP contribution is -2.25. The molecule has 0 aliphatic carbocycles. The Labute approximate surface area is 122 Å². The molecule has 1 heterocycles. The summed E-state index contributed by atoms with van der Waals surface area (Å²) >= 11 is 0. The molecule has 2 rings (SSSR count). The van der Waals surface area contributed by atoms with Crippen LogP contribution in [0, 0.1) is 0 Å². The van der Waals surface area contributed by atoms with Gasteiger partial charge in [-0.2, -0.15) is 0 Å². The second-order valence-electron chi connectivity index (χ2n) is 4.91. The van der Waals surface area contributed by atoms with Crippen molar-refractivity contribution in [2.45, 2.75) is 13.0 Å². The van der Waals surface area contributed by atoms with Gasteiger partial charge in [-0.3, -0.25) is 9.59 Å². The van der Waals surface area contributed by atoms with E-state index in [2.05, 4.69) is 6.58 Å². The second-order valence-corrected chi connectivity index (χ2v) is 4.91. The van der Waals surface area contributed by atoms with Crippen LogP contribution < -0.4 is 10.5 Å². The van der Waals surface area contributed by atoms with Crippen LogP contribution in [0.5, 0.6) is 0 Å². The molecule has 0 bridgehead atoms. The summed E-state index contributed by atoms with van der Waals surface area (Å²) in [6.45, 7) is 4.18. The van der Waals surface area contributed by atoms with Crippen molar-refractivity contribution < 1.29 is 9.90 Å². The van der Waals surface area contributed by atoms with Crippen LogP contribution in [0.1, 0.15) is 6.42 Å². The summed E-state index contributed by atoms with van der Waals surface area (Å²) in [5, 5.41) is 10.3. The average Bonchev–Trinajstić information content (AvgIpc) is 2.45. The Balaban J connectivity index is 2.39. The third-order valence-electron chi connectivity index (χ3n) is 3.35. The molecule has 0 saturated heterocycles. The van der Waals surface area contributed by atoms with Crippen LogP contribution in [-0.4, -0.2) is 29.2 Å². The van der Waals surface area contributed by atoms with Crippen molar-refractivity contribution in [3.63, 3.8) is 0 Å². The highest BCUT2D eigenvalue weighted by atomic mass is 16.4. The molecule has 5 nitrogen and oxygen atoms in total. The smallest absolute Gasteiger partial charge is 0.323 e. The first-order valence-electron chi connectivity index (χ1n) is 6.70. The van der Waals surface area contributed by atoms with Crippen molar-refractivity contribution in [2.24, 2.45) is 0 Å². The van der Waals surface area contributed by atoms with Gasteiger partial charge in [-0.25, -0.2) is 0 Å². The lowest BCUT2D eigenvalue weighted by molar-refractivity contribution is -0.135. The minimum atomic E-state index is -0.891. The molecule has 0 fully saturated rings. The minimum Gasteiger partial charge on any atom is -0.480 e. The highest BCUT2D eigenvalue weighted by Gasteiger charge is 2.08. The van der Waals surface area contributed by atoms with E-state index >= 15 is 0 Å². The summed E-state index contributed by atoms with van der Waals surface area (Å²) in [6.07, 6.45) is 4.28. The Bertz CT molecular complexity index is 734. The molecule has 0 atom stereocenters. The van der Waals surface area contributed by atoms with E-state index in [0.29, 0.717) is 11.9 Å². The van der Waals surface area contributed by atoms with E-state index in [4.69, 9.17) is 5.11 Å². The number of pyridine rings is 1. The number of benzene rings is 1. The molecule has 5 heteroatoms. The number of nitrogens with zero attached hydrogens (tertiary/aromatic N) is 2. The van der Waals surface area contributed by atoms with Crippen LogP contribution in [0.4, 0.5) is 5.69 Å². The molecule has 110 valence electrons. The van der Waals surface area contributed by atoms with Gasteiger partial charge in [0.05, 0.1) is 0 Å². The molecule has 1 aromatic heterocycles. The number of hydrogen-bond acceptors (Lipinski definition) is 3. The molecular formula is C16H18N2O3. The fourth-order valence-electron chi connectivity index (χ4n) is 2.21. The van der Waals surface area contributed by atoms with Crippen molar-refractivity contribution >= 4 is 22.4 Å². The van der Waals surface area contributed by atoms with Crippen LogP contribution in [0.3, 0.4) is 0 Å². The third-order valence-corrected chi connectivity index (χ3v) is 3.35. The summed E-state index contributed by atoms with van der Waals surface area (Å²) in [5.74, 6) is -0.891. The molecule has 0 unspecified atom stereocenters. The number of fused-ring (bicyclic) bond motifs is 1. The van der Waals surface area contributed by atoms with E-state index in [-0.39, 0.29) is 12.1 Å². The van der Waals surface area contributed by atoms with Crippen molar-refractivity contribution in [3.05, 3.63) is 53.5 Å². The number of aliphatic carboxylic acids is 1. The lowest BCUT2D eigenvalue weighted by atomic mass is 10.1. The third kappa shape index (κ3) is 3.31. The maximum Gasteiger partial charge on any atom is 0.323 e. The first-order valence-corrected chi connectivity index (χ1v) is 6.70. The van der Waals surface area contributed by atoms with E-state index in [9.17, 15) is 9.59 Å². The van der Waals surface area contributed by atoms with Gasteiger partial charge >= 0.3 is 5.97 Å². The highest BCUT2D eigenvalue weighted by Crippen LogP contribution is 2.19. The standard InChI is InChI=1S/C16H18N2O3/c1-3-4-8-18-9-7-12-10-13(17(2)11-15(19)20)5-6-14(12)16(18)21/h3,5-7,9-10H,1,4,8,11H2,2H3,(H,19,20). The van der Waals surface area contributed by atoms with Gasteiger partial charge in [0.25, 0.3) is 5.56 Å². The Morgan fingerprint density at radius 2 is 2.19 bits per heavy atom. The summed E-state index contributed by atoms with van der Waals surface area (Å²) in [6, 6.07) is 7.22. The Hall–Kier alpha value is -2.56. The van der Waals surface area contributed by atoms with Crippen molar-refractivity contribution in [1.29, 1.82) is 0 Å². The maximum absolute atomic E-state index is 12.3. The van der Waals surface area contributed by atoms with Gasteiger partial charge in [-0.05, 0) is 36.1 Å². The zero-order valence-electron chi connectivity index (χ0n) is 12.0. The van der Waals surface area contributed by atoms with Crippen LogP contribution >= 0.6 is 0 Å².